The highest BCUT2D eigenvalue weighted by atomic mass is 32.2. The van der Waals surface area contributed by atoms with Crippen LogP contribution in [0.4, 0.5) is 0 Å². The molecular formula is C10H25NO3S. The Balaban J connectivity index is 0. The molecule has 5 heteroatoms. The van der Waals surface area contributed by atoms with Crippen molar-refractivity contribution in [2.75, 3.05) is 26.9 Å². The van der Waals surface area contributed by atoms with Gasteiger partial charge in [0.25, 0.3) is 0 Å². The minimum absolute atomic E-state index is 0.219. The molecule has 4 nitrogen and oxygen atoms in total. The molecule has 15 heavy (non-hydrogen) atoms. The monoisotopic (exact) mass is 239 g/mol. The maximum absolute atomic E-state index is 9.83. The molecule has 0 aliphatic carbocycles. The third kappa shape index (κ3) is 16.5. The van der Waals surface area contributed by atoms with Gasteiger partial charge in [-0.05, 0) is 20.3 Å². The molecule has 0 aliphatic rings. The van der Waals surface area contributed by atoms with Gasteiger partial charge in [-0.25, -0.2) is 8.42 Å². The van der Waals surface area contributed by atoms with Crippen LogP contribution in [-0.2, 0) is 10.1 Å². The van der Waals surface area contributed by atoms with Crippen LogP contribution in [0.2, 0.25) is 0 Å². The zero-order valence-electron chi connectivity index (χ0n) is 10.8. The number of quaternary nitrogens is 1. The van der Waals surface area contributed by atoms with Crippen molar-refractivity contribution in [1.29, 1.82) is 0 Å². The minimum atomic E-state index is -3.94. The summed E-state index contributed by atoms with van der Waals surface area (Å²) in [6.45, 7) is 6.28. The van der Waals surface area contributed by atoms with E-state index < -0.39 is 10.1 Å². The largest absolute Gasteiger partial charge is 0.748 e. The number of nitrogens with zero attached hydrogens (tertiary/aromatic N) is 1. The smallest absolute Gasteiger partial charge is 0.0945 e. The maximum atomic E-state index is 9.83. The average molecular weight is 239 g/mol. The topological polar surface area (TPSA) is 57.2 Å². The van der Waals surface area contributed by atoms with Gasteiger partial charge in [-0.2, -0.15) is 0 Å². The highest BCUT2D eigenvalue weighted by Gasteiger charge is 2.10. The summed E-state index contributed by atoms with van der Waals surface area (Å²) < 4.78 is 30.6. The SMILES string of the molecule is CC(C)[N+](C)(C)C.CCCCS(=O)(=O)[O-]. The van der Waals surface area contributed by atoms with Crippen molar-refractivity contribution >= 4 is 10.1 Å². The second-order valence-electron chi connectivity index (χ2n) is 4.83. The Bertz CT molecular complexity index is 240. The molecule has 0 aromatic carbocycles. The van der Waals surface area contributed by atoms with Crippen LogP contribution in [0.5, 0.6) is 0 Å². The van der Waals surface area contributed by atoms with Crippen molar-refractivity contribution in [2.45, 2.75) is 39.7 Å². The fraction of sp³-hybridized carbons (Fsp3) is 1.00. The number of hydrogen-bond acceptors (Lipinski definition) is 3. The van der Waals surface area contributed by atoms with Crippen molar-refractivity contribution < 1.29 is 17.5 Å². The van der Waals surface area contributed by atoms with E-state index in [2.05, 4.69) is 35.0 Å². The summed E-state index contributed by atoms with van der Waals surface area (Å²) in [4.78, 5) is 0. The molecule has 0 aliphatic heterocycles. The number of rotatable bonds is 4. The summed E-state index contributed by atoms with van der Waals surface area (Å²) in [7, 11) is 2.66. The first kappa shape index (κ1) is 17.3. The van der Waals surface area contributed by atoms with Crippen molar-refractivity contribution in [3.05, 3.63) is 0 Å². The van der Waals surface area contributed by atoms with Crippen LogP contribution in [0, 0.1) is 0 Å². The number of hydrogen-bond donors (Lipinski definition) is 0. The van der Waals surface area contributed by atoms with Gasteiger partial charge in [-0.15, -0.1) is 0 Å². The molecule has 94 valence electrons. The van der Waals surface area contributed by atoms with E-state index in [-0.39, 0.29) is 5.75 Å². The normalized spacial score (nSPS) is 12.3. The first-order valence-electron chi connectivity index (χ1n) is 5.25. The van der Waals surface area contributed by atoms with E-state index in [0.29, 0.717) is 6.42 Å². The summed E-state index contributed by atoms with van der Waals surface area (Å²) in [6, 6.07) is 0.736. The Morgan fingerprint density at radius 2 is 1.53 bits per heavy atom. The van der Waals surface area contributed by atoms with Crippen LogP contribution in [0.3, 0.4) is 0 Å². The quantitative estimate of drug-likeness (QED) is 0.551. The summed E-state index contributed by atoms with van der Waals surface area (Å²) in [6.07, 6.45) is 1.23. The van der Waals surface area contributed by atoms with Gasteiger partial charge < -0.3 is 9.04 Å². The van der Waals surface area contributed by atoms with Crippen LogP contribution < -0.4 is 0 Å². The van der Waals surface area contributed by atoms with Gasteiger partial charge in [-0.3, -0.25) is 0 Å². The Hall–Kier alpha value is -0.130. The van der Waals surface area contributed by atoms with Gasteiger partial charge in [0, 0.05) is 5.75 Å². The number of unbranched alkanes of at least 4 members (excludes halogenated alkanes) is 1. The van der Waals surface area contributed by atoms with Crippen LogP contribution in [-0.4, -0.2) is 50.4 Å². The molecule has 0 N–H and O–H groups in total. The van der Waals surface area contributed by atoms with Gasteiger partial charge in [0.1, 0.15) is 0 Å². The fourth-order valence-corrected chi connectivity index (χ4v) is 0.963. The third-order valence-corrected chi connectivity index (χ3v) is 3.09. The Kier molecular flexibility index (Phi) is 8.28. The Labute approximate surface area is 94.6 Å². The Morgan fingerprint density at radius 3 is 1.60 bits per heavy atom. The van der Waals surface area contributed by atoms with Gasteiger partial charge in [0.05, 0.1) is 37.3 Å². The molecule has 0 aromatic rings. The fourth-order valence-electron chi connectivity index (χ4n) is 0.321. The van der Waals surface area contributed by atoms with Crippen molar-refractivity contribution in [1.82, 2.24) is 0 Å². The van der Waals surface area contributed by atoms with E-state index in [1.165, 1.54) is 0 Å². The van der Waals surface area contributed by atoms with Gasteiger partial charge >= 0.3 is 0 Å². The first-order valence-corrected chi connectivity index (χ1v) is 6.83. The average Bonchev–Trinajstić information content (AvgIpc) is 1.98. The molecular weight excluding hydrogens is 214 g/mol. The van der Waals surface area contributed by atoms with E-state index in [1.54, 1.807) is 0 Å². The summed E-state index contributed by atoms with van der Waals surface area (Å²) in [5, 5.41) is 0. The lowest BCUT2D eigenvalue weighted by atomic mass is 10.3. The van der Waals surface area contributed by atoms with Crippen LogP contribution in [0.1, 0.15) is 33.6 Å². The molecule has 0 rings (SSSR count). The van der Waals surface area contributed by atoms with Crippen LogP contribution in [0.15, 0.2) is 0 Å². The van der Waals surface area contributed by atoms with Gasteiger partial charge in [-0.1, -0.05) is 13.3 Å². The Morgan fingerprint density at radius 1 is 1.20 bits per heavy atom. The molecule has 0 fully saturated rings. The summed E-state index contributed by atoms with van der Waals surface area (Å²) >= 11 is 0. The predicted molar refractivity (Wildman–Crippen MR) is 62.6 cm³/mol. The standard InChI is InChI=1S/C6H16N.C4H10O3S/c1-6(2)7(3,4)5;1-2-3-4-8(5,6)7/h6H,1-5H3;2-4H2,1H3,(H,5,6,7)/q+1;/p-1. The van der Waals surface area contributed by atoms with Crippen LogP contribution >= 0.6 is 0 Å². The van der Waals surface area contributed by atoms with E-state index in [0.717, 1.165) is 16.9 Å². The lowest BCUT2D eigenvalue weighted by Gasteiger charge is -2.28. The molecule has 0 atom stereocenters. The molecule has 0 radical (unpaired) electrons. The molecule has 0 unspecified atom stereocenters. The van der Waals surface area contributed by atoms with Crippen molar-refractivity contribution in [3.63, 3.8) is 0 Å². The molecule has 0 bridgehead atoms. The third-order valence-electron chi connectivity index (χ3n) is 2.30. The van der Waals surface area contributed by atoms with Gasteiger partial charge in [0.2, 0.25) is 0 Å². The van der Waals surface area contributed by atoms with E-state index in [9.17, 15) is 13.0 Å². The predicted octanol–water partition coefficient (Wildman–Crippen LogP) is 1.43. The molecule has 0 saturated heterocycles. The minimum Gasteiger partial charge on any atom is -0.748 e. The molecule has 0 spiro atoms. The van der Waals surface area contributed by atoms with E-state index in [4.69, 9.17) is 0 Å². The molecule has 0 saturated carbocycles. The molecule has 0 aromatic heterocycles. The second-order valence-corrected chi connectivity index (χ2v) is 6.35. The summed E-state index contributed by atoms with van der Waals surface area (Å²) in [5.74, 6) is -0.219. The zero-order valence-corrected chi connectivity index (χ0v) is 11.6. The highest BCUT2D eigenvalue weighted by Crippen LogP contribution is 1.97. The second kappa shape index (κ2) is 7.19. The van der Waals surface area contributed by atoms with Gasteiger partial charge in [0.15, 0.2) is 0 Å². The highest BCUT2D eigenvalue weighted by molar-refractivity contribution is 7.85. The van der Waals surface area contributed by atoms with Crippen molar-refractivity contribution in [2.24, 2.45) is 0 Å². The molecule has 0 amide bonds. The first-order chi connectivity index (χ1) is 6.50. The zero-order chi connectivity index (χ0) is 12.7. The lowest BCUT2D eigenvalue weighted by molar-refractivity contribution is -0.891. The molecule has 0 heterocycles. The van der Waals surface area contributed by atoms with Crippen LogP contribution in [0.25, 0.3) is 0 Å². The van der Waals surface area contributed by atoms with Crippen molar-refractivity contribution in [3.8, 4) is 0 Å². The summed E-state index contributed by atoms with van der Waals surface area (Å²) in [5.41, 5.74) is 0. The lowest BCUT2D eigenvalue weighted by Crippen LogP contribution is -2.41. The van der Waals surface area contributed by atoms with E-state index >= 15 is 0 Å². The maximum Gasteiger partial charge on any atom is 0.0945 e. The van der Waals surface area contributed by atoms with E-state index in [1.807, 2.05) is 6.92 Å².